The summed E-state index contributed by atoms with van der Waals surface area (Å²) in [5.41, 5.74) is 1.42. The fourth-order valence-corrected chi connectivity index (χ4v) is 2.56. The Balaban J connectivity index is 2.18. The second-order valence-electron chi connectivity index (χ2n) is 3.78. The van der Waals surface area contributed by atoms with E-state index in [-0.39, 0.29) is 11.9 Å². The molecular weight excluding hydrogens is 303 g/mol. The zero-order valence-corrected chi connectivity index (χ0v) is 11.9. The highest BCUT2D eigenvalue weighted by Crippen LogP contribution is 2.25. The first-order chi connectivity index (χ1) is 8.06. The number of rotatable bonds is 3. The minimum Gasteiger partial charge on any atom is -0.375 e. The van der Waals surface area contributed by atoms with Crippen molar-refractivity contribution in [3.63, 3.8) is 0 Å². The number of halogens is 2. The van der Waals surface area contributed by atoms with Crippen LogP contribution in [0.5, 0.6) is 0 Å². The number of anilines is 1. The maximum atomic E-state index is 13.5. The fourth-order valence-electron chi connectivity index (χ4n) is 1.49. The summed E-state index contributed by atoms with van der Waals surface area (Å²) in [6.07, 6.45) is 0. The molecule has 5 heteroatoms. The number of benzene rings is 1. The predicted molar refractivity (Wildman–Crippen MR) is 73.0 cm³/mol. The van der Waals surface area contributed by atoms with Gasteiger partial charge in [-0.15, -0.1) is 11.3 Å². The molecule has 1 unspecified atom stereocenters. The first kappa shape index (κ1) is 12.5. The molecule has 0 aliphatic rings. The largest absolute Gasteiger partial charge is 0.375 e. The number of nitrogens with zero attached hydrogens (tertiary/aromatic N) is 1. The zero-order chi connectivity index (χ0) is 12.4. The molecule has 1 aromatic carbocycles. The molecule has 2 nitrogen and oxygen atoms in total. The Labute approximate surface area is 112 Å². The smallest absolute Gasteiger partial charge is 0.146 e. The first-order valence-corrected chi connectivity index (χ1v) is 6.87. The van der Waals surface area contributed by atoms with E-state index < -0.39 is 0 Å². The molecule has 1 heterocycles. The molecule has 0 spiro atoms. The van der Waals surface area contributed by atoms with Crippen LogP contribution in [-0.2, 0) is 0 Å². The van der Waals surface area contributed by atoms with E-state index in [1.807, 2.05) is 19.2 Å². The van der Waals surface area contributed by atoms with Gasteiger partial charge in [0.2, 0.25) is 0 Å². The van der Waals surface area contributed by atoms with Gasteiger partial charge in [-0.1, -0.05) is 15.9 Å². The summed E-state index contributed by atoms with van der Waals surface area (Å²) in [7, 11) is 0. The average Bonchev–Trinajstić information content (AvgIpc) is 2.70. The number of hydrogen-bond acceptors (Lipinski definition) is 3. The van der Waals surface area contributed by atoms with Crippen molar-refractivity contribution in [3.05, 3.63) is 44.6 Å². The van der Waals surface area contributed by atoms with Gasteiger partial charge in [0, 0.05) is 9.85 Å². The molecule has 1 aromatic heterocycles. The van der Waals surface area contributed by atoms with Crippen molar-refractivity contribution in [1.29, 1.82) is 0 Å². The molecule has 0 amide bonds. The van der Waals surface area contributed by atoms with E-state index in [1.54, 1.807) is 23.5 Å². The lowest BCUT2D eigenvalue weighted by Crippen LogP contribution is -2.08. The number of nitrogens with one attached hydrogen (secondary N) is 1. The molecule has 1 N–H and O–H groups in total. The second kappa shape index (κ2) is 5.14. The van der Waals surface area contributed by atoms with Gasteiger partial charge in [-0.2, -0.15) is 0 Å². The monoisotopic (exact) mass is 314 g/mol. The highest BCUT2D eigenvalue weighted by atomic mass is 79.9. The second-order valence-corrected chi connectivity index (χ2v) is 5.76. The Morgan fingerprint density at radius 2 is 2.24 bits per heavy atom. The molecule has 17 heavy (non-hydrogen) atoms. The van der Waals surface area contributed by atoms with Gasteiger partial charge in [0.05, 0.1) is 22.4 Å². The van der Waals surface area contributed by atoms with Gasteiger partial charge in [0.25, 0.3) is 0 Å². The Kier molecular flexibility index (Phi) is 3.79. The van der Waals surface area contributed by atoms with Crippen LogP contribution in [0, 0.1) is 12.7 Å². The van der Waals surface area contributed by atoms with Crippen LogP contribution in [0.3, 0.4) is 0 Å². The summed E-state index contributed by atoms with van der Waals surface area (Å²) in [6.45, 7) is 3.93. The van der Waals surface area contributed by atoms with E-state index in [1.165, 1.54) is 6.07 Å². The lowest BCUT2D eigenvalue weighted by molar-refractivity contribution is 0.626. The van der Waals surface area contributed by atoms with Crippen molar-refractivity contribution in [1.82, 2.24) is 4.98 Å². The van der Waals surface area contributed by atoms with Crippen LogP contribution in [0.2, 0.25) is 0 Å². The summed E-state index contributed by atoms with van der Waals surface area (Å²) in [5, 5.41) is 6.13. The first-order valence-electron chi connectivity index (χ1n) is 5.20. The molecule has 0 bridgehead atoms. The molecule has 0 radical (unpaired) electrons. The van der Waals surface area contributed by atoms with E-state index in [2.05, 4.69) is 26.2 Å². The zero-order valence-electron chi connectivity index (χ0n) is 9.50. The molecule has 1 atom stereocenters. The summed E-state index contributed by atoms with van der Waals surface area (Å²) < 4.78 is 14.4. The van der Waals surface area contributed by atoms with Gasteiger partial charge < -0.3 is 5.32 Å². The van der Waals surface area contributed by atoms with E-state index in [0.29, 0.717) is 5.69 Å². The standard InChI is InChI=1S/C12H12BrFN2S/c1-7(12-6-17-8(2)16-12)15-11-5-9(13)3-4-10(11)14/h3-7,15H,1-2H3. The minimum absolute atomic E-state index is 0.0104. The van der Waals surface area contributed by atoms with E-state index >= 15 is 0 Å². The van der Waals surface area contributed by atoms with Gasteiger partial charge in [-0.05, 0) is 32.0 Å². The topological polar surface area (TPSA) is 24.9 Å². The quantitative estimate of drug-likeness (QED) is 0.900. The highest BCUT2D eigenvalue weighted by molar-refractivity contribution is 9.10. The van der Waals surface area contributed by atoms with Crippen molar-refractivity contribution < 1.29 is 4.39 Å². The Morgan fingerprint density at radius 1 is 1.47 bits per heavy atom. The highest BCUT2D eigenvalue weighted by Gasteiger charge is 2.11. The number of hydrogen-bond donors (Lipinski definition) is 1. The van der Waals surface area contributed by atoms with Crippen molar-refractivity contribution in [2.75, 3.05) is 5.32 Å². The molecule has 0 saturated carbocycles. The van der Waals surface area contributed by atoms with Gasteiger partial charge in [-0.3, -0.25) is 0 Å². The third-order valence-corrected chi connectivity index (χ3v) is 3.67. The molecule has 0 aliphatic carbocycles. The minimum atomic E-state index is -0.257. The SMILES string of the molecule is Cc1nc(C(C)Nc2cc(Br)ccc2F)cs1. The Hall–Kier alpha value is -0.940. The number of aromatic nitrogens is 1. The molecule has 2 aromatic rings. The summed E-state index contributed by atoms with van der Waals surface area (Å²) >= 11 is 4.92. The molecular formula is C12H12BrFN2S. The van der Waals surface area contributed by atoms with Crippen LogP contribution < -0.4 is 5.32 Å². The maximum absolute atomic E-state index is 13.5. The summed E-state index contributed by atoms with van der Waals surface area (Å²) in [6, 6.07) is 4.83. The summed E-state index contributed by atoms with van der Waals surface area (Å²) in [4.78, 5) is 4.38. The van der Waals surface area contributed by atoms with Gasteiger partial charge >= 0.3 is 0 Å². The van der Waals surface area contributed by atoms with Crippen molar-refractivity contribution in [2.24, 2.45) is 0 Å². The van der Waals surface area contributed by atoms with Crippen LogP contribution in [0.4, 0.5) is 10.1 Å². The van der Waals surface area contributed by atoms with Gasteiger partial charge in [-0.25, -0.2) is 9.37 Å². The third-order valence-electron chi connectivity index (χ3n) is 2.38. The fraction of sp³-hybridized carbons (Fsp3) is 0.250. The Morgan fingerprint density at radius 3 is 2.88 bits per heavy atom. The predicted octanol–water partition coefficient (Wildman–Crippen LogP) is 4.53. The maximum Gasteiger partial charge on any atom is 0.146 e. The van der Waals surface area contributed by atoms with Crippen LogP contribution >= 0.6 is 27.3 Å². The van der Waals surface area contributed by atoms with Crippen LogP contribution in [0.1, 0.15) is 23.7 Å². The van der Waals surface area contributed by atoms with Crippen molar-refractivity contribution in [2.45, 2.75) is 19.9 Å². The molecule has 2 rings (SSSR count). The van der Waals surface area contributed by atoms with Crippen LogP contribution in [-0.4, -0.2) is 4.98 Å². The van der Waals surface area contributed by atoms with E-state index in [4.69, 9.17) is 0 Å². The van der Waals surface area contributed by atoms with Crippen LogP contribution in [0.15, 0.2) is 28.1 Å². The van der Waals surface area contributed by atoms with Crippen molar-refractivity contribution in [3.8, 4) is 0 Å². The normalized spacial score (nSPS) is 12.5. The average molecular weight is 315 g/mol. The van der Waals surface area contributed by atoms with Gasteiger partial charge in [0.15, 0.2) is 0 Å². The Bertz CT molecular complexity index is 527. The van der Waals surface area contributed by atoms with Gasteiger partial charge in [0.1, 0.15) is 5.82 Å². The molecule has 0 saturated heterocycles. The lowest BCUT2D eigenvalue weighted by Gasteiger charge is -2.14. The number of thiazole rings is 1. The third kappa shape index (κ3) is 3.04. The summed E-state index contributed by atoms with van der Waals surface area (Å²) in [5.74, 6) is -0.257. The van der Waals surface area contributed by atoms with E-state index in [0.717, 1.165) is 15.2 Å². The molecule has 0 fully saturated rings. The molecule has 90 valence electrons. The van der Waals surface area contributed by atoms with Crippen molar-refractivity contribution >= 4 is 33.0 Å². The lowest BCUT2D eigenvalue weighted by atomic mass is 10.2. The van der Waals surface area contributed by atoms with Crippen LogP contribution in [0.25, 0.3) is 0 Å². The number of aryl methyl sites for hydroxylation is 1. The molecule has 0 aliphatic heterocycles. The van der Waals surface area contributed by atoms with E-state index in [9.17, 15) is 4.39 Å².